The first kappa shape index (κ1) is 17.2. The van der Waals surface area contributed by atoms with Crippen LogP contribution in [0, 0.1) is 13.8 Å². The Balaban J connectivity index is 2.64. The van der Waals surface area contributed by atoms with Crippen molar-refractivity contribution in [1.29, 1.82) is 0 Å². The standard InChI is InChI=1S/C17H25NO3/c1-5-6-7-8-18-17(20)14(4)21-16-12(2)9-15(11-19)10-13(16)3/h9-11,14H,5-8H2,1-4H3,(H,18,20). The number of benzene rings is 1. The zero-order chi connectivity index (χ0) is 15.8. The van der Waals surface area contributed by atoms with E-state index in [1.54, 1.807) is 19.1 Å². The number of hydrogen-bond acceptors (Lipinski definition) is 3. The summed E-state index contributed by atoms with van der Waals surface area (Å²) in [6.45, 7) is 8.30. The highest BCUT2D eigenvalue weighted by atomic mass is 16.5. The Bertz CT molecular complexity index is 474. The Morgan fingerprint density at radius 2 is 1.90 bits per heavy atom. The van der Waals surface area contributed by atoms with Crippen LogP contribution in [0.15, 0.2) is 12.1 Å². The van der Waals surface area contributed by atoms with E-state index in [-0.39, 0.29) is 5.91 Å². The van der Waals surface area contributed by atoms with Gasteiger partial charge in [-0.2, -0.15) is 0 Å². The third kappa shape index (κ3) is 5.21. The van der Waals surface area contributed by atoms with Gasteiger partial charge in [-0.05, 0) is 50.5 Å². The van der Waals surface area contributed by atoms with Gasteiger partial charge in [0.2, 0.25) is 0 Å². The van der Waals surface area contributed by atoms with E-state index in [9.17, 15) is 9.59 Å². The Labute approximate surface area is 126 Å². The summed E-state index contributed by atoms with van der Waals surface area (Å²) in [6, 6.07) is 3.53. The van der Waals surface area contributed by atoms with Crippen LogP contribution in [-0.4, -0.2) is 24.8 Å². The Morgan fingerprint density at radius 3 is 2.43 bits per heavy atom. The summed E-state index contributed by atoms with van der Waals surface area (Å²) >= 11 is 0. The van der Waals surface area contributed by atoms with Crippen molar-refractivity contribution < 1.29 is 14.3 Å². The van der Waals surface area contributed by atoms with Crippen LogP contribution >= 0.6 is 0 Å². The predicted molar refractivity (Wildman–Crippen MR) is 83.9 cm³/mol. The molecular formula is C17H25NO3. The van der Waals surface area contributed by atoms with E-state index in [0.29, 0.717) is 17.9 Å². The number of aryl methyl sites for hydroxylation is 2. The van der Waals surface area contributed by atoms with Gasteiger partial charge in [0.25, 0.3) is 5.91 Å². The van der Waals surface area contributed by atoms with Crippen LogP contribution in [0.4, 0.5) is 0 Å². The Hall–Kier alpha value is -1.84. The molecule has 0 aromatic heterocycles. The SMILES string of the molecule is CCCCCNC(=O)C(C)Oc1c(C)cc(C=O)cc1C. The second-order valence-electron chi connectivity index (χ2n) is 5.36. The van der Waals surface area contributed by atoms with Gasteiger partial charge in [-0.25, -0.2) is 0 Å². The van der Waals surface area contributed by atoms with Gasteiger partial charge in [0.15, 0.2) is 6.10 Å². The number of ether oxygens (including phenoxy) is 1. The highest BCUT2D eigenvalue weighted by molar-refractivity contribution is 5.81. The van der Waals surface area contributed by atoms with Crippen molar-refractivity contribution in [1.82, 2.24) is 5.32 Å². The third-order valence-corrected chi connectivity index (χ3v) is 3.36. The first-order valence-electron chi connectivity index (χ1n) is 7.50. The monoisotopic (exact) mass is 291 g/mol. The van der Waals surface area contributed by atoms with Crippen molar-refractivity contribution in [3.05, 3.63) is 28.8 Å². The molecular weight excluding hydrogens is 266 g/mol. The minimum Gasteiger partial charge on any atom is -0.480 e. The molecule has 0 heterocycles. The summed E-state index contributed by atoms with van der Waals surface area (Å²) in [5.41, 5.74) is 2.35. The fourth-order valence-electron chi connectivity index (χ4n) is 2.20. The van der Waals surface area contributed by atoms with Crippen molar-refractivity contribution in [2.45, 2.75) is 53.1 Å². The van der Waals surface area contributed by atoms with Crippen molar-refractivity contribution in [3.8, 4) is 5.75 Å². The summed E-state index contributed by atoms with van der Waals surface area (Å²) in [5.74, 6) is 0.571. The van der Waals surface area contributed by atoms with Crippen LogP contribution in [0.25, 0.3) is 0 Å². The summed E-state index contributed by atoms with van der Waals surface area (Å²) in [5, 5.41) is 2.88. The predicted octanol–water partition coefficient (Wildman–Crippen LogP) is 3.19. The fourth-order valence-corrected chi connectivity index (χ4v) is 2.20. The van der Waals surface area contributed by atoms with Crippen LogP contribution in [0.3, 0.4) is 0 Å². The van der Waals surface area contributed by atoms with E-state index in [1.807, 2.05) is 13.8 Å². The fraction of sp³-hybridized carbons (Fsp3) is 0.529. The maximum atomic E-state index is 12.0. The number of rotatable bonds is 8. The molecule has 4 heteroatoms. The summed E-state index contributed by atoms with van der Waals surface area (Å²) < 4.78 is 5.77. The van der Waals surface area contributed by atoms with E-state index in [1.165, 1.54) is 0 Å². The molecule has 0 saturated heterocycles. The quantitative estimate of drug-likeness (QED) is 0.591. The molecule has 1 aromatic carbocycles. The molecule has 116 valence electrons. The first-order chi connectivity index (χ1) is 9.99. The van der Waals surface area contributed by atoms with Crippen LogP contribution in [0.2, 0.25) is 0 Å². The summed E-state index contributed by atoms with van der Waals surface area (Å²) in [4.78, 5) is 22.8. The minimum atomic E-state index is -0.550. The number of aldehydes is 1. The van der Waals surface area contributed by atoms with Crippen LogP contribution < -0.4 is 10.1 Å². The molecule has 1 aromatic rings. The van der Waals surface area contributed by atoms with Gasteiger partial charge in [-0.15, -0.1) is 0 Å². The van der Waals surface area contributed by atoms with Crippen LogP contribution in [-0.2, 0) is 4.79 Å². The van der Waals surface area contributed by atoms with Crippen molar-refractivity contribution in [2.75, 3.05) is 6.54 Å². The lowest BCUT2D eigenvalue weighted by Crippen LogP contribution is -2.37. The molecule has 0 fully saturated rings. The number of amides is 1. The molecule has 21 heavy (non-hydrogen) atoms. The summed E-state index contributed by atoms with van der Waals surface area (Å²) in [6.07, 6.45) is 3.49. The highest BCUT2D eigenvalue weighted by Gasteiger charge is 2.16. The zero-order valence-electron chi connectivity index (χ0n) is 13.4. The number of carbonyl (C=O) groups is 2. The molecule has 0 aliphatic heterocycles. The van der Waals surface area contributed by atoms with Crippen molar-refractivity contribution in [3.63, 3.8) is 0 Å². The lowest BCUT2D eigenvalue weighted by molar-refractivity contribution is -0.127. The molecule has 0 radical (unpaired) electrons. The van der Waals surface area contributed by atoms with Crippen molar-refractivity contribution >= 4 is 12.2 Å². The minimum absolute atomic E-state index is 0.107. The number of nitrogens with one attached hydrogen (secondary N) is 1. The maximum absolute atomic E-state index is 12.0. The number of carbonyl (C=O) groups excluding carboxylic acids is 2. The first-order valence-corrected chi connectivity index (χ1v) is 7.50. The number of unbranched alkanes of at least 4 members (excludes halogenated alkanes) is 2. The molecule has 0 spiro atoms. The largest absolute Gasteiger partial charge is 0.480 e. The molecule has 0 aliphatic rings. The van der Waals surface area contributed by atoms with Gasteiger partial charge in [0, 0.05) is 12.1 Å². The molecule has 0 saturated carbocycles. The molecule has 0 aliphatic carbocycles. The second kappa shape index (κ2) is 8.45. The molecule has 0 bridgehead atoms. The normalized spacial score (nSPS) is 11.8. The van der Waals surface area contributed by atoms with E-state index < -0.39 is 6.10 Å². The lowest BCUT2D eigenvalue weighted by Gasteiger charge is -2.18. The Morgan fingerprint density at radius 1 is 1.29 bits per heavy atom. The van der Waals surface area contributed by atoms with Crippen LogP contribution in [0.5, 0.6) is 5.75 Å². The average Bonchev–Trinajstić information content (AvgIpc) is 2.46. The molecule has 1 N–H and O–H groups in total. The van der Waals surface area contributed by atoms with Gasteiger partial charge in [-0.3, -0.25) is 9.59 Å². The zero-order valence-corrected chi connectivity index (χ0v) is 13.4. The van der Waals surface area contributed by atoms with Gasteiger partial charge in [0.1, 0.15) is 12.0 Å². The second-order valence-corrected chi connectivity index (χ2v) is 5.36. The lowest BCUT2D eigenvalue weighted by atomic mass is 10.1. The van der Waals surface area contributed by atoms with Crippen LogP contribution in [0.1, 0.15) is 54.6 Å². The molecule has 1 rings (SSSR count). The molecule has 1 atom stereocenters. The molecule has 1 amide bonds. The van der Waals surface area contributed by atoms with E-state index in [0.717, 1.165) is 36.7 Å². The van der Waals surface area contributed by atoms with Crippen molar-refractivity contribution in [2.24, 2.45) is 0 Å². The maximum Gasteiger partial charge on any atom is 0.260 e. The number of hydrogen-bond donors (Lipinski definition) is 1. The van der Waals surface area contributed by atoms with Gasteiger partial charge >= 0.3 is 0 Å². The molecule has 1 unspecified atom stereocenters. The smallest absolute Gasteiger partial charge is 0.260 e. The topological polar surface area (TPSA) is 55.4 Å². The van der Waals surface area contributed by atoms with E-state index >= 15 is 0 Å². The third-order valence-electron chi connectivity index (χ3n) is 3.36. The van der Waals surface area contributed by atoms with Gasteiger partial charge in [0.05, 0.1) is 0 Å². The molecule has 4 nitrogen and oxygen atoms in total. The Kier molecular flexibility index (Phi) is 6.92. The van der Waals surface area contributed by atoms with Gasteiger partial charge < -0.3 is 10.1 Å². The average molecular weight is 291 g/mol. The highest BCUT2D eigenvalue weighted by Crippen LogP contribution is 2.25. The van der Waals surface area contributed by atoms with E-state index in [4.69, 9.17) is 4.74 Å². The summed E-state index contributed by atoms with van der Waals surface area (Å²) in [7, 11) is 0. The van der Waals surface area contributed by atoms with E-state index in [2.05, 4.69) is 12.2 Å². The van der Waals surface area contributed by atoms with Gasteiger partial charge in [-0.1, -0.05) is 19.8 Å².